The predicted molar refractivity (Wildman–Crippen MR) is 113 cm³/mol. The number of rotatable bonds is 8. The molecular weight excluding hydrogens is 368 g/mol. The molecule has 3 N–H and O–H groups in total. The lowest BCUT2D eigenvalue weighted by Crippen LogP contribution is -2.47. The third kappa shape index (κ3) is 6.50. The van der Waals surface area contributed by atoms with Crippen LogP contribution >= 0.6 is 0 Å². The van der Waals surface area contributed by atoms with Crippen molar-refractivity contribution in [3.63, 3.8) is 0 Å². The van der Waals surface area contributed by atoms with Gasteiger partial charge in [-0.15, -0.1) is 0 Å². The van der Waals surface area contributed by atoms with E-state index in [4.69, 9.17) is 5.11 Å². The molecule has 1 aliphatic rings. The van der Waals surface area contributed by atoms with Gasteiger partial charge in [-0.2, -0.15) is 0 Å². The number of carbonyl (C=O) groups is 2. The van der Waals surface area contributed by atoms with Gasteiger partial charge < -0.3 is 20.6 Å². The fourth-order valence-electron chi connectivity index (χ4n) is 3.38. The van der Waals surface area contributed by atoms with Crippen LogP contribution in [0.5, 0.6) is 0 Å². The molecule has 1 aliphatic heterocycles. The van der Waals surface area contributed by atoms with Gasteiger partial charge in [0.2, 0.25) is 0 Å². The number of carbonyl (C=O) groups excluding carboxylic acids is 1. The summed E-state index contributed by atoms with van der Waals surface area (Å²) in [4.78, 5) is 27.6. The summed E-state index contributed by atoms with van der Waals surface area (Å²) in [6.07, 6.45) is 0.909. The third-order valence-electron chi connectivity index (χ3n) is 5.08. The monoisotopic (exact) mass is 396 g/mol. The van der Waals surface area contributed by atoms with Crippen molar-refractivity contribution < 1.29 is 14.7 Å². The van der Waals surface area contributed by atoms with E-state index >= 15 is 0 Å². The van der Waals surface area contributed by atoms with Crippen molar-refractivity contribution in [1.82, 2.24) is 15.5 Å². The summed E-state index contributed by atoms with van der Waals surface area (Å²) in [6.45, 7) is 6.09. The van der Waals surface area contributed by atoms with Crippen molar-refractivity contribution in [3.05, 3.63) is 65.7 Å². The first-order valence-electron chi connectivity index (χ1n) is 9.98. The van der Waals surface area contributed by atoms with E-state index in [0.717, 1.165) is 44.7 Å². The number of benzene rings is 2. The van der Waals surface area contributed by atoms with Crippen molar-refractivity contribution in [2.45, 2.75) is 13.0 Å². The Balaban J connectivity index is 1.27. The molecule has 0 saturated carbocycles. The highest BCUT2D eigenvalue weighted by Crippen LogP contribution is 2.15. The van der Waals surface area contributed by atoms with E-state index in [0.29, 0.717) is 13.1 Å². The van der Waals surface area contributed by atoms with Crippen LogP contribution in [-0.2, 0) is 6.54 Å². The summed E-state index contributed by atoms with van der Waals surface area (Å²) in [5, 5.41) is 14.6. The molecule has 0 bridgehead atoms. The van der Waals surface area contributed by atoms with E-state index in [2.05, 4.69) is 44.7 Å². The van der Waals surface area contributed by atoms with Gasteiger partial charge in [0, 0.05) is 45.0 Å². The Morgan fingerprint density at radius 2 is 1.59 bits per heavy atom. The molecule has 0 atom stereocenters. The molecule has 0 unspecified atom stereocenters. The number of amides is 2. The number of aromatic carboxylic acids is 1. The number of urea groups is 1. The second-order valence-corrected chi connectivity index (χ2v) is 7.13. The molecule has 7 heteroatoms. The SMILES string of the molecule is O=C(NCCCN1CCN(c2ccccc2)CC1)NCc1ccc(C(=O)O)cc1. The largest absolute Gasteiger partial charge is 0.478 e. The number of carboxylic acid groups (broad SMARTS) is 1. The van der Waals surface area contributed by atoms with E-state index in [-0.39, 0.29) is 11.6 Å². The van der Waals surface area contributed by atoms with Crippen LogP contribution in [0, 0.1) is 0 Å². The topological polar surface area (TPSA) is 84.9 Å². The summed E-state index contributed by atoms with van der Waals surface area (Å²) >= 11 is 0. The summed E-state index contributed by atoms with van der Waals surface area (Å²) in [5.41, 5.74) is 2.38. The Labute approximate surface area is 171 Å². The van der Waals surface area contributed by atoms with Crippen molar-refractivity contribution in [3.8, 4) is 0 Å². The van der Waals surface area contributed by atoms with Gasteiger partial charge in [-0.05, 0) is 42.8 Å². The fourth-order valence-corrected chi connectivity index (χ4v) is 3.38. The minimum absolute atomic E-state index is 0.207. The number of nitrogens with one attached hydrogen (secondary N) is 2. The molecule has 7 nitrogen and oxygen atoms in total. The first-order chi connectivity index (χ1) is 14.1. The number of nitrogens with zero attached hydrogens (tertiary/aromatic N) is 2. The third-order valence-corrected chi connectivity index (χ3v) is 5.08. The lowest BCUT2D eigenvalue weighted by molar-refractivity contribution is 0.0697. The molecule has 2 aromatic rings. The molecule has 2 aromatic carbocycles. The zero-order valence-corrected chi connectivity index (χ0v) is 16.5. The Hall–Kier alpha value is -3.06. The molecule has 1 saturated heterocycles. The van der Waals surface area contributed by atoms with Gasteiger partial charge in [0.1, 0.15) is 0 Å². The van der Waals surface area contributed by atoms with E-state index < -0.39 is 5.97 Å². The van der Waals surface area contributed by atoms with Gasteiger partial charge in [0.25, 0.3) is 0 Å². The molecule has 154 valence electrons. The number of anilines is 1. The maximum atomic E-state index is 11.9. The number of hydrogen-bond donors (Lipinski definition) is 3. The molecule has 29 heavy (non-hydrogen) atoms. The minimum Gasteiger partial charge on any atom is -0.478 e. The van der Waals surface area contributed by atoms with Gasteiger partial charge in [-0.1, -0.05) is 30.3 Å². The number of hydrogen-bond acceptors (Lipinski definition) is 4. The molecule has 2 amide bonds. The Morgan fingerprint density at radius 1 is 0.897 bits per heavy atom. The van der Waals surface area contributed by atoms with E-state index in [1.54, 1.807) is 12.1 Å². The van der Waals surface area contributed by atoms with E-state index in [1.165, 1.54) is 17.8 Å². The van der Waals surface area contributed by atoms with Crippen LogP contribution in [0.3, 0.4) is 0 Å². The van der Waals surface area contributed by atoms with Gasteiger partial charge in [0.15, 0.2) is 0 Å². The van der Waals surface area contributed by atoms with Gasteiger partial charge in [-0.3, -0.25) is 4.90 Å². The zero-order valence-electron chi connectivity index (χ0n) is 16.5. The summed E-state index contributed by atoms with van der Waals surface area (Å²) in [7, 11) is 0. The van der Waals surface area contributed by atoms with Gasteiger partial charge >= 0.3 is 12.0 Å². The molecule has 0 spiro atoms. The van der Waals surface area contributed by atoms with Crippen molar-refractivity contribution in [2.24, 2.45) is 0 Å². The van der Waals surface area contributed by atoms with Crippen LogP contribution in [0.25, 0.3) is 0 Å². The van der Waals surface area contributed by atoms with Gasteiger partial charge in [0.05, 0.1) is 5.56 Å². The predicted octanol–water partition coefficient (Wildman–Crippen LogP) is 2.40. The van der Waals surface area contributed by atoms with Crippen LogP contribution in [0.15, 0.2) is 54.6 Å². The smallest absolute Gasteiger partial charge is 0.335 e. The average Bonchev–Trinajstić information content (AvgIpc) is 2.76. The van der Waals surface area contributed by atoms with Crippen LogP contribution in [0.1, 0.15) is 22.3 Å². The van der Waals surface area contributed by atoms with E-state index in [9.17, 15) is 9.59 Å². The first-order valence-corrected chi connectivity index (χ1v) is 9.98. The highest BCUT2D eigenvalue weighted by atomic mass is 16.4. The highest BCUT2D eigenvalue weighted by molar-refractivity contribution is 5.87. The van der Waals surface area contributed by atoms with Crippen molar-refractivity contribution in [1.29, 1.82) is 0 Å². The lowest BCUT2D eigenvalue weighted by Gasteiger charge is -2.36. The second-order valence-electron chi connectivity index (χ2n) is 7.13. The van der Waals surface area contributed by atoms with Crippen LogP contribution < -0.4 is 15.5 Å². The van der Waals surface area contributed by atoms with Crippen LogP contribution in [-0.4, -0.2) is 61.3 Å². The molecule has 0 radical (unpaired) electrons. The van der Waals surface area contributed by atoms with E-state index in [1.807, 2.05) is 6.07 Å². The van der Waals surface area contributed by atoms with Crippen molar-refractivity contribution in [2.75, 3.05) is 44.2 Å². The lowest BCUT2D eigenvalue weighted by atomic mass is 10.1. The molecule has 1 heterocycles. The summed E-state index contributed by atoms with van der Waals surface area (Å²) < 4.78 is 0. The standard InChI is InChI=1S/C22H28N4O3/c27-21(28)19-9-7-18(8-10-19)17-24-22(29)23-11-4-12-25-13-15-26(16-14-25)20-5-2-1-3-6-20/h1-3,5-10H,4,11-17H2,(H,27,28)(H2,23,24,29). The number of carboxylic acids is 1. The molecule has 0 aliphatic carbocycles. The molecule has 3 rings (SSSR count). The fraction of sp³-hybridized carbons (Fsp3) is 0.364. The quantitative estimate of drug-likeness (QED) is 0.597. The van der Waals surface area contributed by atoms with Gasteiger partial charge in [-0.25, -0.2) is 9.59 Å². The average molecular weight is 396 g/mol. The second kappa shape index (κ2) is 10.5. The molecular formula is C22H28N4O3. The Morgan fingerprint density at radius 3 is 2.24 bits per heavy atom. The maximum absolute atomic E-state index is 11.9. The Kier molecular flexibility index (Phi) is 7.47. The van der Waals surface area contributed by atoms with Crippen LogP contribution in [0.2, 0.25) is 0 Å². The zero-order chi connectivity index (χ0) is 20.5. The van der Waals surface area contributed by atoms with Crippen LogP contribution in [0.4, 0.5) is 10.5 Å². The highest BCUT2D eigenvalue weighted by Gasteiger charge is 2.16. The maximum Gasteiger partial charge on any atom is 0.335 e. The summed E-state index contributed by atoms with van der Waals surface area (Å²) in [6, 6.07) is 16.8. The molecule has 0 aromatic heterocycles. The Bertz CT molecular complexity index is 787. The number of para-hydroxylation sites is 1. The first kappa shape index (κ1) is 20.7. The molecule has 1 fully saturated rings. The number of piperazine rings is 1. The van der Waals surface area contributed by atoms with Crippen molar-refractivity contribution >= 4 is 17.7 Å². The minimum atomic E-state index is -0.955. The summed E-state index contributed by atoms with van der Waals surface area (Å²) in [5.74, 6) is -0.955. The normalized spacial score (nSPS) is 14.4.